The Balaban J connectivity index is 2.23. The standard InChI is InChI=1S/C14H13N3O3/c1-17(11-6-7-12(18)16-13(11)19)14(20)10-5-3-2-4-9(10)8-15/h2-5,11H,6-7H2,1H3,(H,16,18,19). The molecule has 20 heavy (non-hydrogen) atoms. The Bertz CT molecular complexity index is 618. The first-order valence-electron chi connectivity index (χ1n) is 6.14. The number of hydrogen-bond acceptors (Lipinski definition) is 4. The van der Waals surface area contributed by atoms with Gasteiger partial charge in [-0.05, 0) is 18.6 Å². The monoisotopic (exact) mass is 271 g/mol. The fourth-order valence-corrected chi connectivity index (χ4v) is 2.15. The van der Waals surface area contributed by atoms with E-state index in [-0.39, 0.29) is 23.5 Å². The maximum atomic E-state index is 12.4. The van der Waals surface area contributed by atoms with Crippen LogP contribution in [0.25, 0.3) is 0 Å². The number of amides is 3. The van der Waals surface area contributed by atoms with E-state index in [0.29, 0.717) is 6.42 Å². The van der Waals surface area contributed by atoms with E-state index in [0.717, 1.165) is 0 Å². The van der Waals surface area contributed by atoms with Crippen molar-refractivity contribution in [3.05, 3.63) is 35.4 Å². The average Bonchev–Trinajstić information content (AvgIpc) is 2.45. The summed E-state index contributed by atoms with van der Waals surface area (Å²) in [6.45, 7) is 0. The largest absolute Gasteiger partial charge is 0.330 e. The van der Waals surface area contributed by atoms with Crippen molar-refractivity contribution in [2.45, 2.75) is 18.9 Å². The highest BCUT2D eigenvalue weighted by Crippen LogP contribution is 2.16. The number of piperidine rings is 1. The molecule has 0 aromatic heterocycles. The summed E-state index contributed by atoms with van der Waals surface area (Å²) >= 11 is 0. The second kappa shape index (κ2) is 5.53. The molecule has 1 heterocycles. The van der Waals surface area contributed by atoms with Gasteiger partial charge in [0.15, 0.2) is 0 Å². The maximum Gasteiger partial charge on any atom is 0.255 e. The highest BCUT2D eigenvalue weighted by molar-refractivity contribution is 6.04. The van der Waals surface area contributed by atoms with Crippen molar-refractivity contribution in [2.75, 3.05) is 7.05 Å². The molecule has 1 atom stereocenters. The number of likely N-dealkylation sites (N-methyl/N-ethyl adjacent to an activating group) is 1. The Hall–Kier alpha value is -2.68. The molecule has 0 aliphatic carbocycles. The van der Waals surface area contributed by atoms with E-state index in [2.05, 4.69) is 5.32 Å². The summed E-state index contributed by atoms with van der Waals surface area (Å²) < 4.78 is 0. The first-order valence-corrected chi connectivity index (χ1v) is 6.14. The highest BCUT2D eigenvalue weighted by atomic mass is 16.2. The molecule has 102 valence electrons. The quantitative estimate of drug-likeness (QED) is 0.790. The van der Waals surface area contributed by atoms with E-state index in [1.165, 1.54) is 11.9 Å². The van der Waals surface area contributed by atoms with Gasteiger partial charge in [-0.25, -0.2) is 0 Å². The van der Waals surface area contributed by atoms with Gasteiger partial charge in [-0.2, -0.15) is 5.26 Å². The van der Waals surface area contributed by atoms with Crippen LogP contribution >= 0.6 is 0 Å². The number of nitriles is 1. The first-order chi connectivity index (χ1) is 9.54. The van der Waals surface area contributed by atoms with Crippen LogP contribution in [0, 0.1) is 11.3 Å². The van der Waals surface area contributed by atoms with Crippen molar-refractivity contribution in [1.82, 2.24) is 10.2 Å². The lowest BCUT2D eigenvalue weighted by Gasteiger charge is -2.29. The zero-order chi connectivity index (χ0) is 14.7. The van der Waals surface area contributed by atoms with Crippen molar-refractivity contribution in [3.63, 3.8) is 0 Å². The molecule has 0 saturated carbocycles. The zero-order valence-electron chi connectivity index (χ0n) is 10.9. The summed E-state index contributed by atoms with van der Waals surface area (Å²) in [5.41, 5.74) is 0.513. The van der Waals surface area contributed by atoms with Gasteiger partial charge in [-0.1, -0.05) is 12.1 Å². The molecule has 1 N–H and O–H groups in total. The summed E-state index contributed by atoms with van der Waals surface area (Å²) in [6.07, 6.45) is 0.496. The van der Waals surface area contributed by atoms with Crippen molar-refractivity contribution < 1.29 is 14.4 Å². The topological polar surface area (TPSA) is 90.3 Å². The predicted octanol–water partition coefficient (Wildman–Crippen LogP) is 0.435. The minimum Gasteiger partial charge on any atom is -0.330 e. The van der Waals surface area contributed by atoms with Crippen LogP contribution in [0.4, 0.5) is 0 Å². The minimum absolute atomic E-state index is 0.202. The molecule has 1 aromatic carbocycles. The SMILES string of the molecule is CN(C(=O)c1ccccc1C#N)C1CCC(=O)NC1=O. The number of imide groups is 1. The number of rotatable bonds is 2. The van der Waals surface area contributed by atoms with Gasteiger partial charge in [-0.3, -0.25) is 19.7 Å². The Morgan fingerprint density at radius 3 is 2.75 bits per heavy atom. The Labute approximate surface area is 116 Å². The normalized spacial score (nSPS) is 18.1. The number of benzene rings is 1. The molecule has 0 spiro atoms. The summed E-state index contributed by atoms with van der Waals surface area (Å²) in [4.78, 5) is 36.5. The van der Waals surface area contributed by atoms with Gasteiger partial charge in [-0.15, -0.1) is 0 Å². The number of carbonyl (C=O) groups is 3. The van der Waals surface area contributed by atoms with Gasteiger partial charge < -0.3 is 4.90 Å². The van der Waals surface area contributed by atoms with Crippen molar-refractivity contribution in [2.24, 2.45) is 0 Å². The Morgan fingerprint density at radius 2 is 2.10 bits per heavy atom. The molecular weight excluding hydrogens is 258 g/mol. The van der Waals surface area contributed by atoms with Crippen LogP contribution in [-0.2, 0) is 9.59 Å². The molecule has 0 radical (unpaired) electrons. The van der Waals surface area contributed by atoms with Crippen LogP contribution in [-0.4, -0.2) is 35.7 Å². The number of nitrogens with one attached hydrogen (secondary N) is 1. The van der Waals surface area contributed by atoms with E-state index in [1.54, 1.807) is 24.3 Å². The molecule has 2 rings (SSSR count). The smallest absolute Gasteiger partial charge is 0.255 e. The van der Waals surface area contributed by atoms with Crippen molar-refractivity contribution in [3.8, 4) is 6.07 Å². The second-order valence-electron chi connectivity index (χ2n) is 4.54. The van der Waals surface area contributed by atoms with Crippen LogP contribution in [0.2, 0.25) is 0 Å². The van der Waals surface area contributed by atoms with Crippen LogP contribution in [0.5, 0.6) is 0 Å². The second-order valence-corrected chi connectivity index (χ2v) is 4.54. The van der Waals surface area contributed by atoms with E-state index in [1.807, 2.05) is 6.07 Å². The molecule has 1 aromatic rings. The summed E-state index contributed by atoms with van der Waals surface area (Å²) in [6, 6.07) is 7.68. The lowest BCUT2D eigenvalue weighted by Crippen LogP contribution is -2.52. The van der Waals surface area contributed by atoms with Crippen LogP contribution in [0.15, 0.2) is 24.3 Å². The summed E-state index contributed by atoms with van der Waals surface area (Å²) in [5.74, 6) is -1.22. The molecule has 1 aliphatic heterocycles. The zero-order valence-corrected chi connectivity index (χ0v) is 10.9. The third-order valence-corrected chi connectivity index (χ3v) is 3.28. The molecule has 1 aliphatic rings. The summed E-state index contributed by atoms with van der Waals surface area (Å²) in [5, 5.41) is 11.2. The fourth-order valence-electron chi connectivity index (χ4n) is 2.15. The number of carbonyl (C=O) groups excluding carboxylic acids is 3. The third kappa shape index (κ3) is 2.52. The molecule has 1 fully saturated rings. The molecule has 6 nitrogen and oxygen atoms in total. The average molecular weight is 271 g/mol. The van der Waals surface area contributed by atoms with Crippen molar-refractivity contribution >= 4 is 17.7 Å². The minimum atomic E-state index is -0.688. The van der Waals surface area contributed by atoms with Gasteiger partial charge in [0, 0.05) is 13.5 Å². The molecule has 1 unspecified atom stereocenters. The third-order valence-electron chi connectivity index (χ3n) is 3.28. The molecule has 1 saturated heterocycles. The number of nitrogens with zero attached hydrogens (tertiary/aromatic N) is 2. The van der Waals surface area contributed by atoms with Gasteiger partial charge >= 0.3 is 0 Å². The van der Waals surface area contributed by atoms with Gasteiger partial charge in [0.1, 0.15) is 6.04 Å². The van der Waals surface area contributed by atoms with E-state index >= 15 is 0 Å². The van der Waals surface area contributed by atoms with Gasteiger partial charge in [0.2, 0.25) is 11.8 Å². The van der Waals surface area contributed by atoms with Crippen LogP contribution in [0.1, 0.15) is 28.8 Å². The Kier molecular flexibility index (Phi) is 3.80. The molecule has 0 bridgehead atoms. The molecule has 3 amide bonds. The van der Waals surface area contributed by atoms with E-state index in [9.17, 15) is 14.4 Å². The Morgan fingerprint density at radius 1 is 1.40 bits per heavy atom. The first kappa shape index (κ1) is 13.7. The maximum absolute atomic E-state index is 12.4. The lowest BCUT2D eigenvalue weighted by molar-refractivity contribution is -0.136. The summed E-state index contributed by atoms with van der Waals surface area (Å²) in [7, 11) is 1.50. The van der Waals surface area contributed by atoms with E-state index < -0.39 is 17.9 Å². The lowest BCUT2D eigenvalue weighted by atomic mass is 10.0. The fraction of sp³-hybridized carbons (Fsp3) is 0.286. The van der Waals surface area contributed by atoms with E-state index in [4.69, 9.17) is 5.26 Å². The van der Waals surface area contributed by atoms with Crippen molar-refractivity contribution in [1.29, 1.82) is 5.26 Å². The van der Waals surface area contributed by atoms with Gasteiger partial charge in [0.25, 0.3) is 5.91 Å². The highest BCUT2D eigenvalue weighted by Gasteiger charge is 2.33. The van der Waals surface area contributed by atoms with Crippen LogP contribution in [0.3, 0.4) is 0 Å². The number of hydrogen-bond donors (Lipinski definition) is 1. The molecular formula is C14H13N3O3. The molecule has 6 heteroatoms. The predicted molar refractivity (Wildman–Crippen MR) is 69.4 cm³/mol. The van der Waals surface area contributed by atoms with Crippen LogP contribution < -0.4 is 5.32 Å². The van der Waals surface area contributed by atoms with Gasteiger partial charge in [0.05, 0.1) is 17.2 Å².